The van der Waals surface area contributed by atoms with E-state index in [-0.39, 0.29) is 38.8 Å². The van der Waals surface area contributed by atoms with Gasteiger partial charge in [-0.05, 0) is 24.6 Å². The van der Waals surface area contributed by atoms with Gasteiger partial charge in [-0.3, -0.25) is 14.5 Å². The molecule has 12 heteroatoms. The highest BCUT2D eigenvalue weighted by molar-refractivity contribution is 5.93. The number of fused-ring (bicyclic) bond motifs is 1. The number of ether oxygens (including phenoxy) is 2. The highest BCUT2D eigenvalue weighted by Crippen LogP contribution is 2.19. The molecule has 3 aromatic rings. The zero-order chi connectivity index (χ0) is 25.8. The van der Waals surface area contributed by atoms with E-state index in [1.54, 1.807) is 31.5 Å². The minimum Gasteiger partial charge on any atom is -0.464 e. The van der Waals surface area contributed by atoms with Crippen LogP contribution < -0.4 is 20.8 Å². The predicted molar refractivity (Wildman–Crippen MR) is 127 cm³/mol. The van der Waals surface area contributed by atoms with Crippen LogP contribution in [0, 0.1) is 0 Å². The van der Waals surface area contributed by atoms with Crippen molar-refractivity contribution >= 4 is 28.9 Å². The van der Waals surface area contributed by atoms with Crippen LogP contribution in [0.15, 0.2) is 55.0 Å². The normalized spacial score (nSPS) is 11.6. The van der Waals surface area contributed by atoms with E-state index in [2.05, 4.69) is 26.1 Å². The second-order valence-electron chi connectivity index (χ2n) is 7.57. The first-order valence-corrected chi connectivity index (χ1v) is 11.3. The molecule has 0 aliphatic rings. The molecular weight excluding hydrogens is 470 g/mol. The molecule has 2 aromatic heterocycles. The predicted octanol–water partition coefficient (Wildman–Crippen LogP) is 1.13. The molecule has 192 valence electrons. The number of nitrogens with one attached hydrogen (secondary N) is 4. The second-order valence-corrected chi connectivity index (χ2v) is 7.57. The fourth-order valence-corrected chi connectivity index (χ4v) is 3.43. The summed E-state index contributed by atoms with van der Waals surface area (Å²) in [7, 11) is 1.41. The van der Waals surface area contributed by atoms with Crippen molar-refractivity contribution in [2.24, 2.45) is 0 Å². The molecule has 0 bridgehead atoms. The molecule has 12 nitrogen and oxygen atoms in total. The van der Waals surface area contributed by atoms with Crippen LogP contribution in [0.1, 0.15) is 22.8 Å². The number of esters is 1. The number of carbonyl (C=O) groups is 3. The average molecular weight is 501 g/mol. The van der Waals surface area contributed by atoms with Gasteiger partial charge >= 0.3 is 12.1 Å². The summed E-state index contributed by atoms with van der Waals surface area (Å²) in [6, 6.07) is 10.0. The molecule has 4 N–H and O–H groups in total. The van der Waals surface area contributed by atoms with Crippen LogP contribution in [-0.4, -0.2) is 55.9 Å². The molecule has 0 aliphatic heterocycles. The van der Waals surface area contributed by atoms with Crippen LogP contribution in [0.25, 0.3) is 10.9 Å². The first kappa shape index (κ1) is 26.6. The first-order chi connectivity index (χ1) is 17.5. The third-order valence-electron chi connectivity index (χ3n) is 5.06. The molecule has 3 rings (SSSR count). The number of aromatic amines is 1. The lowest BCUT2D eigenvalue weighted by molar-refractivity contribution is -0.727. The van der Waals surface area contributed by atoms with E-state index in [0.717, 1.165) is 16.5 Å². The Balaban J connectivity index is 1.56. The minimum absolute atomic E-state index is 0.170. The molecule has 0 aliphatic carbocycles. The van der Waals surface area contributed by atoms with E-state index in [0.29, 0.717) is 5.56 Å². The van der Waals surface area contributed by atoms with E-state index in [1.165, 1.54) is 17.9 Å². The number of aromatic nitrogens is 2. The topological polar surface area (TPSA) is 144 Å². The number of amides is 2. The smallest absolute Gasteiger partial charge is 0.412 e. The Morgan fingerprint density at radius 1 is 1.11 bits per heavy atom. The zero-order valence-electron chi connectivity index (χ0n) is 20.1. The van der Waals surface area contributed by atoms with Gasteiger partial charge < -0.3 is 25.1 Å². The lowest BCUT2D eigenvalue weighted by Crippen LogP contribution is -2.45. The number of hydrogen-bond acceptors (Lipinski definition) is 8. The summed E-state index contributed by atoms with van der Waals surface area (Å²) in [4.78, 5) is 49.9. The van der Waals surface area contributed by atoms with Gasteiger partial charge in [-0.25, -0.2) is 9.59 Å². The fraction of sp³-hybridized carbons (Fsp3) is 0.333. The molecule has 1 aromatic carbocycles. The van der Waals surface area contributed by atoms with Crippen LogP contribution in [-0.2, 0) is 37.1 Å². The fourth-order valence-electron chi connectivity index (χ4n) is 3.43. The molecule has 0 saturated heterocycles. The number of rotatable bonds is 13. The Bertz CT molecular complexity index is 1170. The van der Waals surface area contributed by atoms with Gasteiger partial charge in [0.15, 0.2) is 12.4 Å². The van der Waals surface area contributed by atoms with Gasteiger partial charge in [0.05, 0.1) is 20.3 Å². The Labute approximate surface area is 207 Å². The Kier molecular flexibility index (Phi) is 10.2. The van der Waals surface area contributed by atoms with Gasteiger partial charge in [0, 0.05) is 36.1 Å². The second kappa shape index (κ2) is 13.8. The number of hydrogen-bond donors (Lipinski definition) is 4. The van der Waals surface area contributed by atoms with E-state index in [1.807, 2.05) is 24.3 Å². The first-order valence-electron chi connectivity index (χ1n) is 11.3. The van der Waals surface area contributed by atoms with Crippen molar-refractivity contribution in [3.8, 4) is 0 Å². The van der Waals surface area contributed by atoms with E-state index in [4.69, 9.17) is 14.3 Å². The van der Waals surface area contributed by atoms with Crippen LogP contribution in [0.3, 0.4) is 0 Å². The van der Waals surface area contributed by atoms with Gasteiger partial charge in [-0.1, -0.05) is 23.8 Å². The van der Waals surface area contributed by atoms with Crippen LogP contribution in [0.5, 0.6) is 0 Å². The number of H-pyrrole nitrogens is 1. The maximum atomic E-state index is 12.5. The summed E-state index contributed by atoms with van der Waals surface area (Å²) in [6.45, 7) is 2.17. The van der Waals surface area contributed by atoms with Crippen LogP contribution in [0.2, 0.25) is 0 Å². The van der Waals surface area contributed by atoms with Crippen molar-refractivity contribution in [2.75, 3.05) is 26.9 Å². The van der Waals surface area contributed by atoms with Crippen molar-refractivity contribution < 1.29 is 38.1 Å². The maximum Gasteiger partial charge on any atom is 0.412 e. The van der Waals surface area contributed by atoms with E-state index >= 15 is 0 Å². The standard InChI is InChI=1S/C24H29N5O7/c1-3-34-23(31)21(13-18-14-26-20-9-5-4-8-19(18)20)27-24(32)35-16-29-11-6-7-17(15-29)22(30)25-10-12-36-28-33-2/h4-9,11,14-15,21,26,28H,3,10,12-13,16H2,1-2H3,(H-,25,27,30,32)/p+1. The maximum absolute atomic E-state index is 12.5. The molecular formula is C24H30N5O7+. The van der Waals surface area contributed by atoms with Gasteiger partial charge in [0.2, 0.25) is 0 Å². The number of nitrogens with zero attached hydrogens (tertiary/aromatic N) is 1. The summed E-state index contributed by atoms with van der Waals surface area (Å²) in [5.41, 5.74) is 4.36. The van der Waals surface area contributed by atoms with E-state index in [9.17, 15) is 14.4 Å². The van der Waals surface area contributed by atoms with E-state index < -0.39 is 18.1 Å². The van der Waals surface area contributed by atoms with Crippen molar-refractivity contribution in [1.82, 2.24) is 21.3 Å². The molecule has 2 amide bonds. The van der Waals surface area contributed by atoms with Gasteiger partial charge in [0.1, 0.15) is 11.6 Å². The highest BCUT2D eigenvalue weighted by atomic mass is 16.9. The quantitative estimate of drug-likeness (QED) is 0.118. The lowest BCUT2D eigenvalue weighted by atomic mass is 10.1. The number of benzene rings is 1. The summed E-state index contributed by atoms with van der Waals surface area (Å²) in [6.07, 6.45) is 4.41. The van der Waals surface area contributed by atoms with Crippen molar-refractivity contribution in [3.05, 3.63) is 66.1 Å². The summed E-state index contributed by atoms with van der Waals surface area (Å²) in [5, 5.41) is 6.22. The van der Waals surface area contributed by atoms with Crippen molar-refractivity contribution in [1.29, 1.82) is 0 Å². The number of para-hydroxylation sites is 1. The Hall–Kier alpha value is -4.00. The van der Waals surface area contributed by atoms with Crippen molar-refractivity contribution in [2.45, 2.75) is 26.1 Å². The molecule has 0 saturated carbocycles. The summed E-state index contributed by atoms with van der Waals surface area (Å²) in [5.74, 6) is -0.883. The SMILES string of the molecule is CCOC(=O)C(Cc1c[nH]c2ccccc12)NC(=O)OC[n+]1cccc(C(=O)NCCONOC)c1. The summed E-state index contributed by atoms with van der Waals surface area (Å²) < 4.78 is 11.9. The highest BCUT2D eigenvalue weighted by Gasteiger charge is 2.25. The number of alkyl carbamates (subject to hydrolysis) is 1. The average Bonchev–Trinajstić information content (AvgIpc) is 3.30. The zero-order valence-corrected chi connectivity index (χ0v) is 20.1. The van der Waals surface area contributed by atoms with Crippen molar-refractivity contribution in [3.63, 3.8) is 0 Å². The molecule has 36 heavy (non-hydrogen) atoms. The van der Waals surface area contributed by atoms with Crippen LogP contribution >= 0.6 is 0 Å². The molecule has 0 radical (unpaired) electrons. The number of carbonyl (C=O) groups excluding carboxylic acids is 3. The lowest BCUT2D eigenvalue weighted by Gasteiger charge is -2.16. The third-order valence-corrected chi connectivity index (χ3v) is 5.06. The molecule has 0 fully saturated rings. The Morgan fingerprint density at radius 2 is 1.94 bits per heavy atom. The number of pyridine rings is 1. The molecule has 0 spiro atoms. The summed E-state index contributed by atoms with van der Waals surface area (Å²) >= 11 is 0. The van der Waals surface area contributed by atoms with Gasteiger partial charge in [0.25, 0.3) is 12.6 Å². The monoisotopic (exact) mass is 500 g/mol. The Morgan fingerprint density at radius 3 is 2.75 bits per heavy atom. The third kappa shape index (κ3) is 7.77. The van der Waals surface area contributed by atoms with Gasteiger partial charge in [-0.15, -0.1) is 0 Å². The van der Waals surface area contributed by atoms with Gasteiger partial charge in [-0.2, -0.15) is 4.57 Å². The molecule has 2 heterocycles. The molecule has 1 atom stereocenters. The van der Waals surface area contributed by atoms with Crippen LogP contribution in [0.4, 0.5) is 4.79 Å². The minimum atomic E-state index is -0.936. The largest absolute Gasteiger partial charge is 0.464 e. The molecule has 1 unspecified atom stereocenters.